The van der Waals surface area contributed by atoms with E-state index in [0.717, 1.165) is 12.8 Å². The van der Waals surface area contributed by atoms with Crippen LogP contribution in [0.3, 0.4) is 0 Å². The van der Waals surface area contributed by atoms with Crippen molar-refractivity contribution < 1.29 is 14.7 Å². The number of carboxylic acids is 1. The van der Waals surface area contributed by atoms with Crippen LogP contribution in [0.5, 0.6) is 0 Å². The van der Waals surface area contributed by atoms with E-state index >= 15 is 0 Å². The van der Waals surface area contributed by atoms with Gasteiger partial charge >= 0.3 is 12.0 Å². The minimum Gasteiger partial charge on any atom is -0.481 e. The second kappa shape index (κ2) is 8.18. The molecule has 24 heavy (non-hydrogen) atoms. The Morgan fingerprint density at radius 2 is 1.88 bits per heavy atom. The molecule has 1 aliphatic rings. The van der Waals surface area contributed by atoms with Gasteiger partial charge in [-0.05, 0) is 30.9 Å². The van der Waals surface area contributed by atoms with E-state index in [2.05, 4.69) is 30.4 Å². The number of nitrogens with zero attached hydrogens (tertiary/aromatic N) is 1. The smallest absolute Gasteiger partial charge is 0.317 e. The Balaban J connectivity index is 2.06. The Kier molecular flexibility index (Phi) is 6.23. The van der Waals surface area contributed by atoms with E-state index < -0.39 is 5.97 Å². The average Bonchev–Trinajstić information content (AvgIpc) is 2.58. The summed E-state index contributed by atoms with van der Waals surface area (Å²) in [5, 5.41) is 11.8. The van der Waals surface area contributed by atoms with Crippen molar-refractivity contribution >= 4 is 12.0 Å². The van der Waals surface area contributed by atoms with Gasteiger partial charge in [0, 0.05) is 25.6 Å². The fourth-order valence-electron chi connectivity index (χ4n) is 3.68. The van der Waals surface area contributed by atoms with E-state index in [1.165, 1.54) is 35.3 Å². The van der Waals surface area contributed by atoms with Gasteiger partial charge in [-0.2, -0.15) is 0 Å². The number of hydrogen-bond donors (Lipinski definition) is 2. The minimum absolute atomic E-state index is 0.00705. The van der Waals surface area contributed by atoms with Crippen LogP contribution in [0.4, 0.5) is 4.79 Å². The van der Waals surface area contributed by atoms with Crippen LogP contribution in [0.2, 0.25) is 0 Å². The second-order valence-corrected chi connectivity index (χ2v) is 6.88. The van der Waals surface area contributed by atoms with Crippen molar-refractivity contribution in [3.05, 3.63) is 35.4 Å². The van der Waals surface area contributed by atoms with E-state index in [4.69, 9.17) is 5.11 Å². The summed E-state index contributed by atoms with van der Waals surface area (Å²) in [6.45, 7) is 2.96. The van der Waals surface area contributed by atoms with E-state index in [1.807, 2.05) is 6.07 Å². The third-order valence-corrected chi connectivity index (χ3v) is 5.11. The largest absolute Gasteiger partial charge is 0.481 e. The SMILES string of the molecule is Cc1ccccc1C1(CNC(=O)N(C)CCC(=O)O)CCCCC1. The highest BCUT2D eigenvalue weighted by Crippen LogP contribution is 2.40. The number of rotatable bonds is 6. The van der Waals surface area contributed by atoms with Gasteiger partial charge in [0.1, 0.15) is 0 Å². The van der Waals surface area contributed by atoms with E-state index in [-0.39, 0.29) is 24.4 Å². The van der Waals surface area contributed by atoms with Crippen molar-refractivity contribution in [2.75, 3.05) is 20.1 Å². The average molecular weight is 332 g/mol. The molecule has 0 unspecified atom stereocenters. The molecule has 1 aromatic rings. The summed E-state index contributed by atoms with van der Waals surface area (Å²) in [6, 6.07) is 8.23. The number of urea groups is 1. The molecule has 1 aliphatic carbocycles. The Hall–Kier alpha value is -2.04. The first-order valence-corrected chi connectivity index (χ1v) is 8.71. The van der Waals surface area contributed by atoms with Gasteiger partial charge in [0.05, 0.1) is 6.42 Å². The molecule has 0 atom stereocenters. The second-order valence-electron chi connectivity index (χ2n) is 6.88. The summed E-state index contributed by atoms with van der Waals surface area (Å²) in [5.74, 6) is -0.890. The molecule has 0 spiro atoms. The number of carbonyl (C=O) groups is 2. The first-order chi connectivity index (χ1) is 11.4. The zero-order valence-electron chi connectivity index (χ0n) is 14.7. The third-order valence-electron chi connectivity index (χ3n) is 5.11. The normalized spacial score (nSPS) is 16.4. The molecular formula is C19H28N2O3. The molecule has 0 aromatic heterocycles. The predicted octanol–water partition coefficient (Wildman–Crippen LogP) is 3.31. The fraction of sp³-hybridized carbons (Fsp3) is 0.579. The highest BCUT2D eigenvalue weighted by Gasteiger charge is 2.35. The van der Waals surface area contributed by atoms with Gasteiger partial charge in [-0.25, -0.2) is 4.79 Å². The molecule has 132 valence electrons. The molecule has 2 amide bonds. The maximum Gasteiger partial charge on any atom is 0.317 e. The Morgan fingerprint density at radius 1 is 1.21 bits per heavy atom. The van der Waals surface area contributed by atoms with E-state index in [0.29, 0.717) is 6.54 Å². The zero-order valence-corrected chi connectivity index (χ0v) is 14.7. The van der Waals surface area contributed by atoms with Crippen molar-refractivity contribution in [3.63, 3.8) is 0 Å². The van der Waals surface area contributed by atoms with Crippen LogP contribution in [0.1, 0.15) is 49.7 Å². The summed E-state index contributed by atoms with van der Waals surface area (Å²) in [4.78, 5) is 24.4. The summed E-state index contributed by atoms with van der Waals surface area (Å²) in [7, 11) is 1.64. The fourth-order valence-corrected chi connectivity index (χ4v) is 3.68. The van der Waals surface area contributed by atoms with Crippen molar-refractivity contribution in [1.29, 1.82) is 0 Å². The number of aryl methyl sites for hydroxylation is 1. The molecule has 0 bridgehead atoms. The molecule has 1 aromatic carbocycles. The topological polar surface area (TPSA) is 69.6 Å². The van der Waals surface area contributed by atoms with Crippen LogP contribution < -0.4 is 5.32 Å². The lowest BCUT2D eigenvalue weighted by Crippen LogP contribution is -2.46. The summed E-state index contributed by atoms with van der Waals surface area (Å²) < 4.78 is 0. The first kappa shape index (κ1) is 18.3. The van der Waals surface area contributed by atoms with Crippen LogP contribution in [0, 0.1) is 6.92 Å². The van der Waals surface area contributed by atoms with Crippen LogP contribution in [-0.2, 0) is 10.2 Å². The number of carbonyl (C=O) groups excluding carboxylic acids is 1. The Bertz CT molecular complexity index is 580. The molecule has 0 heterocycles. The number of benzene rings is 1. The highest BCUT2D eigenvalue weighted by atomic mass is 16.4. The van der Waals surface area contributed by atoms with Gasteiger partial charge in [-0.3, -0.25) is 4.79 Å². The van der Waals surface area contributed by atoms with Crippen LogP contribution >= 0.6 is 0 Å². The maximum absolute atomic E-state index is 12.3. The Labute approximate surface area is 144 Å². The predicted molar refractivity (Wildman–Crippen MR) is 94.2 cm³/mol. The molecule has 2 rings (SSSR count). The van der Waals surface area contributed by atoms with Crippen molar-refractivity contribution in [3.8, 4) is 0 Å². The summed E-state index contributed by atoms with van der Waals surface area (Å²) in [5.41, 5.74) is 2.60. The lowest BCUT2D eigenvalue weighted by Gasteiger charge is -2.39. The lowest BCUT2D eigenvalue weighted by atomic mass is 9.68. The lowest BCUT2D eigenvalue weighted by molar-refractivity contribution is -0.137. The molecule has 0 saturated heterocycles. The molecule has 2 N–H and O–H groups in total. The molecular weight excluding hydrogens is 304 g/mol. The van der Waals surface area contributed by atoms with Crippen LogP contribution in [0.25, 0.3) is 0 Å². The van der Waals surface area contributed by atoms with Gasteiger partial charge < -0.3 is 15.3 Å². The molecule has 1 fully saturated rings. The summed E-state index contributed by atoms with van der Waals surface area (Å²) >= 11 is 0. The number of amides is 2. The van der Waals surface area contributed by atoms with Crippen molar-refractivity contribution in [2.24, 2.45) is 0 Å². The molecule has 1 saturated carbocycles. The highest BCUT2D eigenvalue weighted by molar-refractivity contribution is 5.75. The van der Waals surface area contributed by atoms with Crippen LogP contribution in [-0.4, -0.2) is 42.1 Å². The van der Waals surface area contributed by atoms with E-state index in [9.17, 15) is 9.59 Å². The summed E-state index contributed by atoms with van der Waals surface area (Å²) in [6.07, 6.45) is 5.74. The monoisotopic (exact) mass is 332 g/mol. The number of nitrogens with one attached hydrogen (secondary N) is 1. The molecule has 5 heteroatoms. The quantitative estimate of drug-likeness (QED) is 0.839. The number of aliphatic carboxylic acids is 1. The molecule has 0 radical (unpaired) electrons. The minimum atomic E-state index is -0.890. The van der Waals surface area contributed by atoms with Crippen molar-refractivity contribution in [1.82, 2.24) is 10.2 Å². The zero-order chi connectivity index (χ0) is 17.6. The standard InChI is InChI=1S/C19H28N2O3/c1-15-8-4-5-9-16(15)19(11-6-3-7-12-19)14-20-18(24)21(2)13-10-17(22)23/h4-5,8-9H,3,6-7,10-14H2,1-2H3,(H,20,24)(H,22,23). The van der Waals surface area contributed by atoms with Gasteiger partial charge in [0.25, 0.3) is 0 Å². The van der Waals surface area contributed by atoms with Gasteiger partial charge in [0.15, 0.2) is 0 Å². The molecule has 5 nitrogen and oxygen atoms in total. The number of carboxylic acid groups (broad SMARTS) is 1. The number of hydrogen-bond acceptors (Lipinski definition) is 2. The maximum atomic E-state index is 12.3. The van der Waals surface area contributed by atoms with Gasteiger partial charge in [-0.1, -0.05) is 43.5 Å². The third kappa shape index (κ3) is 4.49. The molecule has 0 aliphatic heterocycles. The first-order valence-electron chi connectivity index (χ1n) is 8.71. The van der Waals surface area contributed by atoms with E-state index in [1.54, 1.807) is 7.05 Å². The Morgan fingerprint density at radius 3 is 2.50 bits per heavy atom. The van der Waals surface area contributed by atoms with Gasteiger partial charge in [-0.15, -0.1) is 0 Å². The van der Waals surface area contributed by atoms with Crippen LogP contribution in [0.15, 0.2) is 24.3 Å². The van der Waals surface area contributed by atoms with Crippen molar-refractivity contribution in [2.45, 2.75) is 50.9 Å². The van der Waals surface area contributed by atoms with Gasteiger partial charge in [0.2, 0.25) is 0 Å².